The van der Waals surface area contributed by atoms with Gasteiger partial charge in [-0.3, -0.25) is 4.79 Å². The number of anilines is 1. The van der Waals surface area contributed by atoms with Crippen LogP contribution < -0.4 is 10.6 Å². The van der Waals surface area contributed by atoms with Crippen LogP contribution in [0.15, 0.2) is 12.4 Å². The standard InChI is InChI=1S/C27H46N6O5S/c1-19(17-36-5)30-25(34)21-16-33(18-37-11-12-39(6,7)8)24-23(21)31-22(14-29-24)28-13-20-9-10-32(15-20)26(35)38-27(2,3)4/h14,16,19-20H,9-13,15,17-18H2,1-8H3,(H,28,31)(H,30,34)/t19-,20?/m1/s1. The van der Waals surface area contributed by atoms with Crippen molar-refractivity contribution in [1.82, 2.24) is 24.8 Å². The van der Waals surface area contributed by atoms with Crippen molar-refractivity contribution in [1.29, 1.82) is 0 Å². The minimum Gasteiger partial charge on any atom is -0.444 e. The molecule has 3 heterocycles. The van der Waals surface area contributed by atoms with E-state index in [4.69, 9.17) is 19.2 Å². The van der Waals surface area contributed by atoms with E-state index in [1.165, 1.54) is 0 Å². The highest BCUT2D eigenvalue weighted by Crippen LogP contribution is 2.33. The van der Waals surface area contributed by atoms with E-state index in [1.807, 2.05) is 32.3 Å². The molecule has 2 aromatic rings. The summed E-state index contributed by atoms with van der Waals surface area (Å²) >= 11 is 0. The molecular formula is C27H46N6O5S. The molecule has 3 rings (SSSR count). The Labute approximate surface area is 233 Å². The lowest BCUT2D eigenvalue weighted by atomic mass is 10.1. The molecule has 1 aliphatic rings. The van der Waals surface area contributed by atoms with E-state index >= 15 is 0 Å². The molecule has 2 atom stereocenters. The van der Waals surface area contributed by atoms with Crippen molar-refractivity contribution >= 4 is 39.0 Å². The molecule has 0 saturated carbocycles. The number of nitrogens with one attached hydrogen (secondary N) is 2. The van der Waals surface area contributed by atoms with E-state index in [-0.39, 0.29) is 30.7 Å². The highest BCUT2D eigenvalue weighted by Gasteiger charge is 2.30. The normalized spacial score (nSPS) is 17.3. The summed E-state index contributed by atoms with van der Waals surface area (Å²) in [6, 6.07) is -0.156. The maximum Gasteiger partial charge on any atom is 0.410 e. The zero-order valence-corrected chi connectivity index (χ0v) is 25.5. The van der Waals surface area contributed by atoms with E-state index < -0.39 is 15.6 Å². The first-order chi connectivity index (χ1) is 18.3. The van der Waals surface area contributed by atoms with Gasteiger partial charge in [0.1, 0.15) is 23.7 Å². The third kappa shape index (κ3) is 9.54. The number of hydrogen-bond acceptors (Lipinski definition) is 8. The van der Waals surface area contributed by atoms with Crippen LogP contribution >= 0.6 is 10.0 Å². The SMILES string of the molecule is COC[C@@H](C)NC(=O)c1cn(COCCS(C)(C)C)c2ncc(NCC3CCN(C(=O)OC(C)(C)C)C3)nc12. The average molecular weight is 567 g/mol. The van der Waals surface area contributed by atoms with Crippen molar-refractivity contribution in [3.63, 3.8) is 0 Å². The number of hydrogen-bond donors (Lipinski definition) is 2. The largest absolute Gasteiger partial charge is 0.444 e. The molecule has 39 heavy (non-hydrogen) atoms. The van der Waals surface area contributed by atoms with Crippen LogP contribution in [0.5, 0.6) is 0 Å². The quantitative estimate of drug-likeness (QED) is 0.375. The van der Waals surface area contributed by atoms with E-state index in [0.29, 0.717) is 55.4 Å². The molecule has 11 nitrogen and oxygen atoms in total. The van der Waals surface area contributed by atoms with E-state index in [0.717, 1.165) is 12.2 Å². The van der Waals surface area contributed by atoms with E-state index in [2.05, 4.69) is 34.4 Å². The van der Waals surface area contributed by atoms with Gasteiger partial charge >= 0.3 is 6.09 Å². The fourth-order valence-corrected chi connectivity index (χ4v) is 4.82. The zero-order chi connectivity index (χ0) is 28.8. The van der Waals surface area contributed by atoms with Crippen LogP contribution in [0, 0.1) is 5.92 Å². The van der Waals surface area contributed by atoms with Crippen LogP contribution in [0.2, 0.25) is 0 Å². The van der Waals surface area contributed by atoms with Gasteiger partial charge in [0.15, 0.2) is 5.65 Å². The van der Waals surface area contributed by atoms with Gasteiger partial charge in [-0.15, -0.1) is 0 Å². The van der Waals surface area contributed by atoms with Gasteiger partial charge in [0.2, 0.25) is 0 Å². The average Bonchev–Trinajstić information content (AvgIpc) is 3.44. The van der Waals surface area contributed by atoms with Crippen LogP contribution in [0.3, 0.4) is 0 Å². The fourth-order valence-electron chi connectivity index (χ4n) is 4.21. The summed E-state index contributed by atoms with van der Waals surface area (Å²) in [6.07, 6.45) is 10.8. The fraction of sp³-hybridized carbons (Fsp3) is 0.704. The topological polar surface area (TPSA) is 120 Å². The summed E-state index contributed by atoms with van der Waals surface area (Å²) < 4.78 is 18.4. The smallest absolute Gasteiger partial charge is 0.410 e. The van der Waals surface area contributed by atoms with Crippen molar-refractivity contribution in [3.8, 4) is 0 Å². The molecule has 1 saturated heterocycles. The number of ether oxygens (including phenoxy) is 3. The minimum atomic E-state index is -0.659. The molecule has 220 valence electrons. The molecule has 0 aromatic carbocycles. The summed E-state index contributed by atoms with van der Waals surface area (Å²) in [4.78, 5) is 36.7. The number of rotatable bonds is 12. The van der Waals surface area contributed by atoms with Gasteiger partial charge in [-0.25, -0.2) is 24.8 Å². The summed E-state index contributed by atoms with van der Waals surface area (Å²) in [5.41, 5.74) is 1.02. The van der Waals surface area contributed by atoms with Gasteiger partial charge in [0, 0.05) is 44.7 Å². The Balaban J connectivity index is 1.71. The van der Waals surface area contributed by atoms with Crippen molar-refractivity contribution in [2.45, 2.75) is 52.5 Å². The van der Waals surface area contributed by atoms with Crippen molar-refractivity contribution in [2.24, 2.45) is 5.92 Å². The summed E-state index contributed by atoms with van der Waals surface area (Å²) in [5.74, 6) is 1.60. The first-order valence-corrected chi connectivity index (χ1v) is 16.4. The van der Waals surface area contributed by atoms with Gasteiger partial charge in [-0.2, -0.15) is 0 Å². The van der Waals surface area contributed by atoms with Crippen LogP contribution in [-0.4, -0.2) is 108 Å². The Morgan fingerprint density at radius 2 is 2.00 bits per heavy atom. The van der Waals surface area contributed by atoms with Gasteiger partial charge in [0.05, 0.1) is 25.0 Å². The highest BCUT2D eigenvalue weighted by molar-refractivity contribution is 8.32. The highest BCUT2D eigenvalue weighted by atomic mass is 32.3. The number of nitrogens with zero attached hydrogens (tertiary/aromatic N) is 4. The Bertz CT molecular complexity index is 1130. The lowest BCUT2D eigenvalue weighted by Crippen LogP contribution is -2.35. The Morgan fingerprint density at radius 3 is 2.67 bits per heavy atom. The number of carbonyl (C=O) groups is 2. The molecule has 1 unspecified atom stereocenters. The third-order valence-corrected chi connectivity index (χ3v) is 7.58. The second kappa shape index (κ2) is 13.2. The number of carbonyl (C=O) groups excluding carboxylic acids is 2. The zero-order valence-electron chi connectivity index (χ0n) is 24.7. The van der Waals surface area contributed by atoms with Crippen LogP contribution in [0.4, 0.5) is 10.6 Å². The lowest BCUT2D eigenvalue weighted by molar-refractivity contribution is 0.0289. The molecule has 1 aliphatic heterocycles. The molecular weight excluding hydrogens is 520 g/mol. The predicted molar refractivity (Wildman–Crippen MR) is 157 cm³/mol. The minimum absolute atomic E-state index is 0.156. The second-order valence-electron chi connectivity index (χ2n) is 12.1. The molecule has 0 radical (unpaired) electrons. The summed E-state index contributed by atoms with van der Waals surface area (Å²) in [6.45, 7) is 10.7. The monoisotopic (exact) mass is 566 g/mol. The Morgan fingerprint density at radius 1 is 1.26 bits per heavy atom. The third-order valence-electron chi connectivity index (χ3n) is 6.18. The van der Waals surface area contributed by atoms with Crippen LogP contribution in [-0.2, 0) is 20.9 Å². The first-order valence-electron chi connectivity index (χ1n) is 13.4. The molecule has 0 aliphatic carbocycles. The first kappa shape index (κ1) is 31.0. The van der Waals surface area contributed by atoms with E-state index in [1.54, 1.807) is 24.4 Å². The second-order valence-corrected chi connectivity index (χ2v) is 16.7. The molecule has 2 aromatic heterocycles. The van der Waals surface area contributed by atoms with Crippen LogP contribution in [0.1, 0.15) is 44.5 Å². The number of likely N-dealkylation sites (tertiary alicyclic amines) is 1. The van der Waals surface area contributed by atoms with Crippen LogP contribution in [0.25, 0.3) is 11.2 Å². The molecule has 0 bridgehead atoms. The molecule has 2 amide bonds. The number of fused-ring (bicyclic) bond motifs is 1. The maximum atomic E-state index is 13.1. The number of aromatic nitrogens is 3. The Kier molecular flexibility index (Phi) is 10.5. The van der Waals surface area contributed by atoms with Crippen molar-refractivity contribution in [2.75, 3.05) is 69.8 Å². The molecule has 0 spiro atoms. The number of amides is 2. The Hall–Kier alpha value is -2.57. The molecule has 1 fully saturated rings. The van der Waals surface area contributed by atoms with Crippen molar-refractivity contribution in [3.05, 3.63) is 18.0 Å². The van der Waals surface area contributed by atoms with Gasteiger partial charge < -0.3 is 34.3 Å². The molecule has 12 heteroatoms. The maximum absolute atomic E-state index is 13.1. The van der Waals surface area contributed by atoms with Gasteiger partial charge in [-0.1, -0.05) is 0 Å². The molecule has 2 N–H and O–H groups in total. The summed E-state index contributed by atoms with van der Waals surface area (Å²) in [5, 5.41) is 6.32. The van der Waals surface area contributed by atoms with Gasteiger partial charge in [0.25, 0.3) is 5.91 Å². The van der Waals surface area contributed by atoms with E-state index in [9.17, 15) is 9.59 Å². The lowest BCUT2D eigenvalue weighted by Gasteiger charge is -2.24. The summed E-state index contributed by atoms with van der Waals surface area (Å²) in [7, 11) is 0.944. The number of methoxy groups -OCH3 is 1. The van der Waals surface area contributed by atoms with Gasteiger partial charge in [-0.05, 0) is 58.8 Å². The van der Waals surface area contributed by atoms with Crippen molar-refractivity contribution < 1.29 is 23.8 Å². The predicted octanol–water partition coefficient (Wildman–Crippen LogP) is 3.53.